The van der Waals surface area contributed by atoms with Crippen molar-refractivity contribution in [2.45, 2.75) is 19.8 Å². The molecule has 0 saturated carbocycles. The fraction of sp³-hybridized carbons (Fsp3) is 0.211. The first-order valence-electron chi connectivity index (χ1n) is 8.40. The van der Waals surface area contributed by atoms with Crippen molar-refractivity contribution in [3.8, 4) is 5.75 Å². The van der Waals surface area contributed by atoms with Crippen molar-refractivity contribution in [1.82, 2.24) is 5.43 Å². The first-order chi connectivity index (χ1) is 13.4. The van der Waals surface area contributed by atoms with Gasteiger partial charge in [-0.05, 0) is 30.7 Å². The van der Waals surface area contributed by atoms with E-state index in [-0.39, 0.29) is 24.2 Å². The van der Waals surface area contributed by atoms with Gasteiger partial charge in [0.1, 0.15) is 11.4 Å². The average Bonchev–Trinajstić information content (AvgIpc) is 2.68. The van der Waals surface area contributed by atoms with Gasteiger partial charge in [0.25, 0.3) is 5.69 Å². The Morgan fingerprint density at radius 1 is 1.18 bits per heavy atom. The van der Waals surface area contributed by atoms with Crippen LogP contribution in [0.2, 0.25) is 0 Å². The summed E-state index contributed by atoms with van der Waals surface area (Å²) < 4.78 is 5.17. The van der Waals surface area contributed by atoms with E-state index in [1.54, 1.807) is 31.2 Å². The van der Waals surface area contributed by atoms with Crippen molar-refractivity contribution in [3.63, 3.8) is 0 Å². The van der Waals surface area contributed by atoms with Crippen molar-refractivity contribution < 1.29 is 19.2 Å². The van der Waals surface area contributed by atoms with Gasteiger partial charge in [-0.15, -0.1) is 0 Å². The number of nitro groups is 1. The van der Waals surface area contributed by atoms with E-state index in [0.717, 1.165) is 0 Å². The van der Waals surface area contributed by atoms with Crippen LogP contribution in [0.15, 0.2) is 47.6 Å². The Hall–Kier alpha value is -3.75. The third-order valence-corrected chi connectivity index (χ3v) is 3.73. The highest BCUT2D eigenvalue weighted by Gasteiger charge is 2.16. The molecule has 0 bridgehead atoms. The summed E-state index contributed by atoms with van der Waals surface area (Å²) in [6.45, 7) is 1.72. The van der Waals surface area contributed by atoms with Crippen LogP contribution >= 0.6 is 0 Å². The number of nitrogens with zero attached hydrogens (tertiary/aromatic N) is 2. The molecule has 2 rings (SSSR count). The topological polar surface area (TPSA) is 123 Å². The molecule has 0 unspecified atom stereocenters. The van der Waals surface area contributed by atoms with Crippen LogP contribution < -0.4 is 15.5 Å². The molecule has 0 radical (unpaired) electrons. The number of benzene rings is 2. The number of aryl methyl sites for hydroxylation is 1. The van der Waals surface area contributed by atoms with Crippen molar-refractivity contribution in [2.24, 2.45) is 5.10 Å². The Kier molecular flexibility index (Phi) is 7.21. The normalized spacial score (nSPS) is 10.5. The average molecular weight is 384 g/mol. The van der Waals surface area contributed by atoms with Crippen LogP contribution in [0.3, 0.4) is 0 Å². The highest BCUT2D eigenvalue weighted by molar-refractivity contribution is 5.95. The smallest absolute Gasteiger partial charge is 0.293 e. The molecule has 28 heavy (non-hydrogen) atoms. The zero-order valence-corrected chi connectivity index (χ0v) is 15.5. The minimum atomic E-state index is -0.568. The second-order valence-electron chi connectivity index (χ2n) is 5.86. The van der Waals surface area contributed by atoms with Gasteiger partial charge >= 0.3 is 0 Å². The van der Waals surface area contributed by atoms with Gasteiger partial charge in [0, 0.05) is 24.5 Å². The van der Waals surface area contributed by atoms with Crippen molar-refractivity contribution >= 4 is 29.4 Å². The van der Waals surface area contributed by atoms with Crippen LogP contribution in [0.4, 0.5) is 11.4 Å². The number of para-hydroxylation sites is 1. The predicted octanol–water partition coefficient (Wildman–Crippen LogP) is 2.78. The van der Waals surface area contributed by atoms with Crippen LogP contribution in [-0.2, 0) is 9.59 Å². The van der Waals surface area contributed by atoms with Gasteiger partial charge in [-0.2, -0.15) is 5.10 Å². The Morgan fingerprint density at radius 2 is 1.89 bits per heavy atom. The molecule has 0 aliphatic heterocycles. The Morgan fingerprint density at radius 3 is 2.61 bits per heavy atom. The lowest BCUT2D eigenvalue weighted by Gasteiger charge is -2.06. The van der Waals surface area contributed by atoms with Gasteiger partial charge in [0.2, 0.25) is 11.8 Å². The van der Waals surface area contributed by atoms with Crippen LogP contribution in [0, 0.1) is 17.0 Å². The standard InChI is InChI=1S/C19H20N4O5/c1-13-7-8-15(16(11-13)23(26)27)21-18(24)9-10-19(25)22-20-12-14-5-3-4-6-17(14)28-2/h3-8,11-12H,9-10H2,1-2H3,(H,21,24)(H,22,25). The minimum Gasteiger partial charge on any atom is -0.496 e. The number of rotatable bonds is 8. The number of hydrogen-bond donors (Lipinski definition) is 2. The Bertz CT molecular complexity index is 911. The minimum absolute atomic E-state index is 0.0928. The number of carbonyl (C=O) groups is 2. The van der Waals surface area contributed by atoms with E-state index < -0.39 is 16.7 Å². The molecule has 9 heteroatoms. The monoisotopic (exact) mass is 384 g/mol. The SMILES string of the molecule is COc1ccccc1C=NNC(=O)CCC(=O)Nc1ccc(C)cc1[N+](=O)[O-]. The number of methoxy groups -OCH3 is 1. The molecule has 0 fully saturated rings. The highest BCUT2D eigenvalue weighted by Crippen LogP contribution is 2.25. The summed E-state index contributed by atoms with van der Waals surface area (Å²) in [6.07, 6.45) is 1.18. The van der Waals surface area contributed by atoms with E-state index in [9.17, 15) is 19.7 Å². The zero-order chi connectivity index (χ0) is 20.5. The van der Waals surface area contributed by atoms with Crippen molar-refractivity contribution in [1.29, 1.82) is 0 Å². The number of hydrogen-bond acceptors (Lipinski definition) is 6. The first kappa shape index (κ1) is 20.6. The molecule has 0 heterocycles. The third kappa shape index (κ3) is 5.90. The van der Waals surface area contributed by atoms with Gasteiger partial charge < -0.3 is 10.1 Å². The summed E-state index contributed by atoms with van der Waals surface area (Å²) >= 11 is 0. The summed E-state index contributed by atoms with van der Waals surface area (Å²) in [4.78, 5) is 34.3. The zero-order valence-electron chi connectivity index (χ0n) is 15.5. The molecule has 2 N–H and O–H groups in total. The summed E-state index contributed by atoms with van der Waals surface area (Å²) in [5.74, 6) is -0.352. The van der Waals surface area contributed by atoms with Crippen LogP contribution in [0.25, 0.3) is 0 Å². The Labute approximate surface area is 161 Å². The summed E-state index contributed by atoms with van der Waals surface area (Å²) in [5.41, 5.74) is 3.62. The molecule has 0 saturated heterocycles. The number of carbonyl (C=O) groups excluding carboxylic acids is 2. The molecule has 0 aromatic heterocycles. The quantitative estimate of drug-likeness (QED) is 0.411. The third-order valence-electron chi connectivity index (χ3n) is 3.73. The van der Waals surface area contributed by atoms with Crippen molar-refractivity contribution in [3.05, 3.63) is 63.7 Å². The van der Waals surface area contributed by atoms with Crippen molar-refractivity contribution in [2.75, 3.05) is 12.4 Å². The summed E-state index contributed by atoms with van der Waals surface area (Å²) in [5, 5.41) is 17.4. The molecule has 0 atom stereocenters. The maximum absolute atomic E-state index is 12.0. The molecule has 0 aliphatic rings. The predicted molar refractivity (Wildman–Crippen MR) is 104 cm³/mol. The first-order valence-corrected chi connectivity index (χ1v) is 8.40. The van der Waals surface area contributed by atoms with Crippen LogP contribution in [0.1, 0.15) is 24.0 Å². The molecule has 2 amide bonds. The van der Waals surface area contributed by atoms with E-state index >= 15 is 0 Å². The van der Waals surface area contributed by atoms with Gasteiger partial charge in [-0.25, -0.2) is 5.43 Å². The maximum atomic E-state index is 12.0. The fourth-order valence-corrected chi connectivity index (χ4v) is 2.34. The fourth-order valence-electron chi connectivity index (χ4n) is 2.34. The van der Waals surface area contributed by atoms with E-state index in [1.807, 2.05) is 6.07 Å². The van der Waals surface area contributed by atoms with E-state index in [0.29, 0.717) is 16.9 Å². The van der Waals surface area contributed by atoms with Crippen LogP contribution in [-0.4, -0.2) is 30.1 Å². The molecule has 0 spiro atoms. The second-order valence-corrected chi connectivity index (χ2v) is 5.86. The molecular formula is C19H20N4O5. The van der Waals surface area contributed by atoms with E-state index in [1.165, 1.54) is 25.5 Å². The Balaban J connectivity index is 1.85. The van der Waals surface area contributed by atoms with Gasteiger partial charge in [-0.3, -0.25) is 19.7 Å². The number of amides is 2. The number of ether oxygens (including phenoxy) is 1. The summed E-state index contributed by atoms with van der Waals surface area (Å²) in [7, 11) is 1.53. The number of nitro benzene ring substituents is 1. The lowest BCUT2D eigenvalue weighted by atomic mass is 10.2. The van der Waals surface area contributed by atoms with Gasteiger partial charge in [0.15, 0.2) is 0 Å². The lowest BCUT2D eigenvalue weighted by Crippen LogP contribution is -2.21. The largest absolute Gasteiger partial charge is 0.496 e. The lowest BCUT2D eigenvalue weighted by molar-refractivity contribution is -0.384. The number of nitrogens with one attached hydrogen (secondary N) is 2. The molecule has 2 aromatic rings. The van der Waals surface area contributed by atoms with E-state index in [2.05, 4.69) is 15.8 Å². The van der Waals surface area contributed by atoms with E-state index in [4.69, 9.17) is 4.74 Å². The number of anilines is 1. The maximum Gasteiger partial charge on any atom is 0.293 e. The number of hydrazone groups is 1. The molecule has 146 valence electrons. The van der Waals surface area contributed by atoms with Crippen LogP contribution in [0.5, 0.6) is 5.75 Å². The molecule has 9 nitrogen and oxygen atoms in total. The molecule has 0 aliphatic carbocycles. The molecular weight excluding hydrogens is 364 g/mol. The molecule has 2 aromatic carbocycles. The highest BCUT2D eigenvalue weighted by atomic mass is 16.6. The second kappa shape index (κ2) is 9.81. The van der Waals surface area contributed by atoms with Gasteiger partial charge in [-0.1, -0.05) is 18.2 Å². The summed E-state index contributed by atoms with van der Waals surface area (Å²) in [6, 6.07) is 11.6. The van der Waals surface area contributed by atoms with Gasteiger partial charge in [0.05, 0.1) is 18.2 Å².